The molecule has 1 aliphatic carbocycles. The maximum atomic E-state index is 14.2. The van der Waals surface area contributed by atoms with Crippen LogP contribution in [0.15, 0.2) is 42.9 Å². The summed E-state index contributed by atoms with van der Waals surface area (Å²) in [7, 11) is 0. The van der Waals surface area contributed by atoms with Gasteiger partial charge < -0.3 is 11.1 Å². The number of alkyl halides is 1. The Kier molecular flexibility index (Phi) is 4.35. The Balaban J connectivity index is 1.49. The molecule has 3 aromatic rings. The normalized spacial score (nSPS) is 21.5. The molecule has 0 aromatic carbocycles. The van der Waals surface area contributed by atoms with E-state index in [2.05, 4.69) is 30.5 Å². The number of nitrogens with zero attached hydrogens (tertiary/aromatic N) is 5. The lowest BCUT2D eigenvalue weighted by molar-refractivity contribution is 0.0964. The topological polar surface area (TPSA) is 102 Å². The summed E-state index contributed by atoms with van der Waals surface area (Å²) in [5.41, 5.74) is 6.36. The van der Waals surface area contributed by atoms with E-state index in [9.17, 15) is 8.78 Å². The lowest BCUT2D eigenvalue weighted by Crippen LogP contribution is -2.49. The number of aromatic nitrogens is 5. The van der Waals surface area contributed by atoms with Crippen LogP contribution in [0, 0.1) is 5.82 Å². The summed E-state index contributed by atoms with van der Waals surface area (Å²) in [6, 6.07) is 6.37. The highest BCUT2D eigenvalue weighted by Gasteiger charge is 2.48. The third-order valence-corrected chi connectivity index (χ3v) is 4.73. The van der Waals surface area contributed by atoms with Gasteiger partial charge in [0.05, 0.1) is 11.4 Å². The van der Waals surface area contributed by atoms with Crippen molar-refractivity contribution in [3.8, 4) is 11.3 Å². The Morgan fingerprint density at radius 2 is 1.89 bits per heavy atom. The van der Waals surface area contributed by atoms with Crippen LogP contribution in [0.1, 0.15) is 18.5 Å². The first kappa shape index (κ1) is 17.2. The summed E-state index contributed by atoms with van der Waals surface area (Å²) in [4.78, 5) is 12.0. The molecule has 7 nitrogen and oxygen atoms in total. The Morgan fingerprint density at radius 1 is 1.11 bits per heavy atom. The quantitative estimate of drug-likeness (QED) is 0.712. The summed E-state index contributed by atoms with van der Waals surface area (Å²) in [5.74, 6) is 0.271. The molecule has 0 saturated heterocycles. The van der Waals surface area contributed by atoms with E-state index in [0.717, 1.165) is 0 Å². The Hall–Kier alpha value is -3.23. The van der Waals surface area contributed by atoms with Crippen molar-refractivity contribution < 1.29 is 8.78 Å². The molecule has 0 amide bonds. The van der Waals surface area contributed by atoms with E-state index >= 15 is 0 Å². The second kappa shape index (κ2) is 6.82. The van der Waals surface area contributed by atoms with E-state index in [1.165, 1.54) is 18.3 Å². The van der Waals surface area contributed by atoms with Gasteiger partial charge in [-0.25, -0.2) is 18.7 Å². The van der Waals surface area contributed by atoms with Crippen LogP contribution < -0.4 is 11.1 Å². The van der Waals surface area contributed by atoms with Gasteiger partial charge in [-0.2, -0.15) is 0 Å². The van der Waals surface area contributed by atoms with Crippen molar-refractivity contribution in [3.63, 3.8) is 0 Å². The van der Waals surface area contributed by atoms with Crippen LogP contribution in [0.3, 0.4) is 0 Å². The molecule has 3 N–H and O–H groups in total. The summed E-state index contributed by atoms with van der Waals surface area (Å²) in [6.45, 7) is 0.320. The van der Waals surface area contributed by atoms with Crippen LogP contribution in [0.25, 0.3) is 11.3 Å². The van der Waals surface area contributed by atoms with E-state index in [4.69, 9.17) is 5.73 Å². The first-order chi connectivity index (χ1) is 13.1. The van der Waals surface area contributed by atoms with Crippen molar-refractivity contribution in [3.05, 3.63) is 54.4 Å². The third-order valence-electron chi connectivity index (χ3n) is 4.73. The van der Waals surface area contributed by atoms with Crippen LogP contribution in [0.4, 0.5) is 20.5 Å². The van der Waals surface area contributed by atoms with Crippen LogP contribution in [-0.4, -0.2) is 37.9 Å². The Morgan fingerprint density at radius 3 is 2.52 bits per heavy atom. The monoisotopic (exact) mass is 369 g/mol. The highest BCUT2D eigenvalue weighted by Crippen LogP contribution is 2.45. The maximum Gasteiger partial charge on any atom is 0.219 e. The first-order valence-electron chi connectivity index (χ1n) is 8.46. The fourth-order valence-electron chi connectivity index (χ4n) is 3.30. The van der Waals surface area contributed by atoms with Crippen molar-refractivity contribution in [2.45, 2.75) is 24.4 Å². The molecule has 3 heterocycles. The minimum atomic E-state index is -0.952. The van der Waals surface area contributed by atoms with Crippen molar-refractivity contribution >= 4 is 11.8 Å². The first-order valence-corrected chi connectivity index (χ1v) is 8.46. The lowest BCUT2D eigenvalue weighted by Gasteiger charge is -2.43. The van der Waals surface area contributed by atoms with Crippen LogP contribution in [0.2, 0.25) is 0 Å². The predicted octanol–water partition coefficient (Wildman–Crippen LogP) is 2.53. The highest BCUT2D eigenvalue weighted by molar-refractivity contribution is 5.57. The number of hydrogen-bond donors (Lipinski definition) is 2. The molecule has 1 fully saturated rings. The minimum absolute atomic E-state index is 0.184. The van der Waals surface area contributed by atoms with Gasteiger partial charge in [0.25, 0.3) is 0 Å². The Labute approximate surface area is 154 Å². The maximum absolute atomic E-state index is 14.2. The second-order valence-electron chi connectivity index (χ2n) is 6.61. The number of anilines is 2. The van der Waals surface area contributed by atoms with Gasteiger partial charge in [0.15, 0.2) is 0 Å². The zero-order valence-corrected chi connectivity index (χ0v) is 14.3. The minimum Gasteiger partial charge on any atom is -0.368 e. The molecule has 0 spiro atoms. The lowest BCUT2D eigenvalue weighted by atomic mass is 9.65. The van der Waals surface area contributed by atoms with Crippen molar-refractivity contribution in [2.24, 2.45) is 0 Å². The number of nitrogen functional groups attached to an aromatic ring is 1. The zero-order valence-electron chi connectivity index (χ0n) is 14.3. The van der Waals surface area contributed by atoms with E-state index in [0.29, 0.717) is 23.6 Å². The number of hydrogen-bond acceptors (Lipinski definition) is 7. The average Bonchev–Trinajstić information content (AvgIpc) is 2.66. The van der Waals surface area contributed by atoms with Crippen LogP contribution in [0.5, 0.6) is 0 Å². The van der Waals surface area contributed by atoms with Crippen LogP contribution in [-0.2, 0) is 5.41 Å². The fraction of sp³-hybridized carbons (Fsp3) is 0.278. The van der Waals surface area contributed by atoms with Crippen molar-refractivity contribution in [2.75, 3.05) is 17.6 Å². The van der Waals surface area contributed by atoms with Crippen LogP contribution >= 0.6 is 0 Å². The highest BCUT2D eigenvalue weighted by atomic mass is 19.1. The number of rotatable bonds is 5. The van der Waals surface area contributed by atoms with Gasteiger partial charge in [0.2, 0.25) is 5.95 Å². The molecule has 1 aliphatic rings. The molecule has 138 valence electrons. The van der Waals surface area contributed by atoms with Gasteiger partial charge in [-0.05, 0) is 37.1 Å². The third kappa shape index (κ3) is 3.40. The Bertz CT molecular complexity index is 925. The standard InChI is InChI=1S/C18H17F2N7/c19-12-6-18(7-12,16-13(20)2-1-5-22-16)10-25-15-4-3-14(26-27-15)11-8-23-17(21)24-9-11/h1-5,8-9,12H,6-7,10H2,(H,25,27)(H2,21,23,24). The molecule has 3 aromatic heterocycles. The number of pyridine rings is 1. The smallest absolute Gasteiger partial charge is 0.219 e. The van der Waals surface area contributed by atoms with Crippen molar-refractivity contribution in [1.29, 1.82) is 0 Å². The molecule has 4 rings (SSSR count). The van der Waals surface area contributed by atoms with Crippen molar-refractivity contribution in [1.82, 2.24) is 25.1 Å². The number of halogens is 2. The van der Waals surface area contributed by atoms with E-state index in [-0.39, 0.29) is 24.5 Å². The number of nitrogens with one attached hydrogen (secondary N) is 1. The van der Waals surface area contributed by atoms with Gasteiger partial charge in [-0.1, -0.05) is 0 Å². The number of nitrogens with two attached hydrogens (primary N) is 1. The van der Waals surface area contributed by atoms with E-state index in [1.54, 1.807) is 24.5 Å². The summed E-state index contributed by atoms with van der Waals surface area (Å²) < 4.78 is 27.8. The van der Waals surface area contributed by atoms with E-state index in [1.807, 2.05) is 0 Å². The SMILES string of the molecule is Nc1ncc(-c2ccc(NCC3(c4ncccc4F)CC(F)C3)nn2)cn1. The second-order valence-corrected chi connectivity index (χ2v) is 6.61. The molecule has 0 bridgehead atoms. The largest absolute Gasteiger partial charge is 0.368 e. The summed E-state index contributed by atoms with van der Waals surface area (Å²) >= 11 is 0. The molecule has 0 aliphatic heterocycles. The predicted molar refractivity (Wildman–Crippen MR) is 96.0 cm³/mol. The molecule has 0 atom stereocenters. The van der Waals surface area contributed by atoms with Gasteiger partial charge in [0, 0.05) is 36.1 Å². The molecular weight excluding hydrogens is 352 g/mol. The average molecular weight is 369 g/mol. The molecule has 9 heteroatoms. The van der Waals surface area contributed by atoms with Gasteiger partial charge in [-0.15, -0.1) is 10.2 Å². The molecule has 0 unspecified atom stereocenters. The summed E-state index contributed by atoms with van der Waals surface area (Å²) in [5, 5.41) is 11.4. The van der Waals surface area contributed by atoms with Gasteiger partial charge in [0.1, 0.15) is 17.8 Å². The summed E-state index contributed by atoms with van der Waals surface area (Å²) in [6.07, 6.45) is 4.15. The van der Waals surface area contributed by atoms with E-state index < -0.39 is 17.4 Å². The molecular formula is C18H17F2N7. The molecule has 0 radical (unpaired) electrons. The fourth-order valence-corrected chi connectivity index (χ4v) is 3.30. The van der Waals surface area contributed by atoms with Gasteiger partial charge >= 0.3 is 0 Å². The van der Waals surface area contributed by atoms with Gasteiger partial charge in [-0.3, -0.25) is 4.98 Å². The molecule has 1 saturated carbocycles. The molecule has 27 heavy (non-hydrogen) atoms. The zero-order chi connectivity index (χ0) is 18.9.